The summed E-state index contributed by atoms with van der Waals surface area (Å²) < 4.78 is 0. The van der Waals surface area contributed by atoms with Gasteiger partial charge in [0.05, 0.1) is 0 Å². The third-order valence-corrected chi connectivity index (χ3v) is 2.85. The summed E-state index contributed by atoms with van der Waals surface area (Å²) >= 11 is 0. The van der Waals surface area contributed by atoms with Gasteiger partial charge in [-0.25, -0.2) is 0 Å². The summed E-state index contributed by atoms with van der Waals surface area (Å²) in [5.74, 6) is 0.439. The predicted octanol–water partition coefficient (Wildman–Crippen LogP) is 0.0523. The second-order valence-corrected chi connectivity index (χ2v) is 4.67. The van der Waals surface area contributed by atoms with Gasteiger partial charge in [0.2, 0.25) is 5.91 Å². The highest BCUT2D eigenvalue weighted by atomic mass is 16.1. The smallest absolute Gasteiger partial charge is 0.223 e. The van der Waals surface area contributed by atoms with Gasteiger partial charge in [-0.3, -0.25) is 4.79 Å². The molecule has 2 atom stereocenters. The van der Waals surface area contributed by atoms with Gasteiger partial charge in [0.1, 0.15) is 0 Å². The Labute approximate surface area is 92.4 Å². The molecule has 15 heavy (non-hydrogen) atoms. The first kappa shape index (κ1) is 12.5. The molecule has 1 rings (SSSR count). The fraction of sp³-hybridized carbons (Fsp3) is 0.909. The first-order chi connectivity index (χ1) is 7.09. The van der Waals surface area contributed by atoms with E-state index in [1.54, 1.807) is 0 Å². The van der Waals surface area contributed by atoms with Crippen molar-refractivity contribution in [1.82, 2.24) is 15.5 Å². The van der Waals surface area contributed by atoms with E-state index in [1.165, 1.54) is 0 Å². The van der Waals surface area contributed by atoms with E-state index in [2.05, 4.69) is 22.5 Å². The molecule has 0 radical (unpaired) electrons. The molecule has 1 amide bonds. The van der Waals surface area contributed by atoms with Crippen LogP contribution in [0.3, 0.4) is 0 Å². The van der Waals surface area contributed by atoms with Gasteiger partial charge in [0.15, 0.2) is 0 Å². The van der Waals surface area contributed by atoms with Crippen LogP contribution in [0.2, 0.25) is 0 Å². The van der Waals surface area contributed by atoms with E-state index >= 15 is 0 Å². The molecule has 4 nitrogen and oxygen atoms in total. The Morgan fingerprint density at radius 3 is 2.87 bits per heavy atom. The molecule has 2 N–H and O–H groups in total. The molecule has 0 bridgehead atoms. The van der Waals surface area contributed by atoms with Crippen LogP contribution in [0, 0.1) is 5.92 Å². The van der Waals surface area contributed by atoms with Crippen LogP contribution in [-0.4, -0.2) is 50.6 Å². The lowest BCUT2D eigenvalue weighted by Crippen LogP contribution is -2.43. The summed E-state index contributed by atoms with van der Waals surface area (Å²) in [5, 5.41) is 6.35. The number of piperidine rings is 1. The minimum absolute atomic E-state index is 0.211. The maximum atomic E-state index is 11.8. The van der Waals surface area contributed by atoms with Crippen LogP contribution in [-0.2, 0) is 4.79 Å². The zero-order valence-electron chi connectivity index (χ0n) is 10.0. The Bertz CT molecular complexity index is 206. The number of carbonyl (C=O) groups is 1. The topological polar surface area (TPSA) is 44.4 Å². The number of carbonyl (C=O) groups excluding carboxylic acids is 1. The van der Waals surface area contributed by atoms with Crippen molar-refractivity contribution in [1.29, 1.82) is 0 Å². The minimum Gasteiger partial charge on any atom is -0.355 e. The van der Waals surface area contributed by atoms with E-state index in [-0.39, 0.29) is 11.8 Å². The molecule has 0 aromatic carbocycles. The number of nitrogens with one attached hydrogen (secondary N) is 2. The maximum Gasteiger partial charge on any atom is 0.223 e. The number of likely N-dealkylation sites (N-methyl/N-ethyl adjacent to an activating group) is 1. The van der Waals surface area contributed by atoms with Gasteiger partial charge in [-0.15, -0.1) is 0 Å². The zero-order chi connectivity index (χ0) is 11.3. The number of amides is 1. The molecular weight excluding hydrogens is 190 g/mol. The van der Waals surface area contributed by atoms with E-state index in [4.69, 9.17) is 0 Å². The average molecular weight is 213 g/mol. The van der Waals surface area contributed by atoms with Crippen LogP contribution in [0.1, 0.15) is 19.8 Å². The highest BCUT2D eigenvalue weighted by Crippen LogP contribution is 2.15. The van der Waals surface area contributed by atoms with Crippen molar-refractivity contribution in [3.8, 4) is 0 Å². The summed E-state index contributed by atoms with van der Waals surface area (Å²) in [6, 6.07) is 0.475. The Hall–Kier alpha value is -0.610. The molecule has 0 spiro atoms. The van der Waals surface area contributed by atoms with E-state index in [1.807, 2.05) is 14.1 Å². The second kappa shape index (κ2) is 6.08. The lowest BCUT2D eigenvalue weighted by molar-refractivity contribution is -0.126. The third-order valence-electron chi connectivity index (χ3n) is 2.85. The average Bonchev–Trinajstić information content (AvgIpc) is 2.17. The van der Waals surface area contributed by atoms with Gasteiger partial charge >= 0.3 is 0 Å². The number of rotatable bonds is 4. The zero-order valence-corrected chi connectivity index (χ0v) is 10.0. The number of nitrogens with zero attached hydrogens (tertiary/aromatic N) is 1. The van der Waals surface area contributed by atoms with E-state index in [0.29, 0.717) is 6.04 Å². The summed E-state index contributed by atoms with van der Waals surface area (Å²) in [4.78, 5) is 13.8. The highest BCUT2D eigenvalue weighted by Gasteiger charge is 2.24. The quantitative estimate of drug-likeness (QED) is 0.694. The monoisotopic (exact) mass is 213 g/mol. The van der Waals surface area contributed by atoms with Crippen LogP contribution in [0.4, 0.5) is 0 Å². The van der Waals surface area contributed by atoms with Gasteiger partial charge in [0.25, 0.3) is 0 Å². The van der Waals surface area contributed by atoms with Crippen molar-refractivity contribution in [3.63, 3.8) is 0 Å². The van der Waals surface area contributed by atoms with E-state index in [0.717, 1.165) is 32.5 Å². The Morgan fingerprint density at radius 2 is 2.27 bits per heavy atom. The van der Waals surface area contributed by atoms with Gasteiger partial charge in [0, 0.05) is 25.0 Å². The normalized spacial score (nSPS) is 26.7. The molecule has 0 aromatic rings. The molecule has 1 aliphatic rings. The van der Waals surface area contributed by atoms with Crippen molar-refractivity contribution in [3.05, 3.63) is 0 Å². The summed E-state index contributed by atoms with van der Waals surface area (Å²) in [7, 11) is 4.03. The Kier molecular flexibility index (Phi) is 5.05. The molecule has 0 unspecified atom stereocenters. The van der Waals surface area contributed by atoms with Crippen molar-refractivity contribution < 1.29 is 4.79 Å². The van der Waals surface area contributed by atoms with E-state index < -0.39 is 0 Å². The molecule has 1 saturated heterocycles. The van der Waals surface area contributed by atoms with Crippen LogP contribution in [0.15, 0.2) is 0 Å². The molecule has 1 fully saturated rings. The van der Waals surface area contributed by atoms with Crippen LogP contribution < -0.4 is 10.6 Å². The molecule has 4 heteroatoms. The van der Waals surface area contributed by atoms with Gasteiger partial charge in [-0.2, -0.15) is 0 Å². The first-order valence-corrected chi connectivity index (χ1v) is 5.75. The Balaban J connectivity index is 2.21. The number of hydrogen-bond acceptors (Lipinski definition) is 3. The molecule has 1 heterocycles. The van der Waals surface area contributed by atoms with Crippen molar-refractivity contribution in [2.45, 2.75) is 25.8 Å². The summed E-state index contributed by atoms with van der Waals surface area (Å²) in [5.41, 5.74) is 0. The van der Waals surface area contributed by atoms with Gasteiger partial charge in [-0.05, 0) is 40.4 Å². The lowest BCUT2D eigenvalue weighted by Gasteiger charge is -2.27. The molecule has 1 aliphatic heterocycles. The van der Waals surface area contributed by atoms with Crippen molar-refractivity contribution in [2.24, 2.45) is 5.92 Å². The highest BCUT2D eigenvalue weighted by molar-refractivity contribution is 5.78. The second-order valence-electron chi connectivity index (χ2n) is 4.67. The van der Waals surface area contributed by atoms with Crippen molar-refractivity contribution >= 4 is 5.91 Å². The minimum atomic E-state index is 0.211. The molecule has 0 aromatic heterocycles. The lowest BCUT2D eigenvalue weighted by atomic mass is 9.92. The predicted molar refractivity (Wildman–Crippen MR) is 61.8 cm³/mol. The molecule has 0 aliphatic carbocycles. The SMILES string of the molecule is C[C@H]1C[C@@H](C(=O)NCCN(C)C)CCN1. The summed E-state index contributed by atoms with van der Waals surface area (Å²) in [6.07, 6.45) is 1.94. The fourth-order valence-corrected chi connectivity index (χ4v) is 1.92. The van der Waals surface area contributed by atoms with Crippen molar-refractivity contribution in [2.75, 3.05) is 33.7 Å². The third kappa shape index (κ3) is 4.62. The fourth-order valence-electron chi connectivity index (χ4n) is 1.92. The van der Waals surface area contributed by atoms with Crippen LogP contribution >= 0.6 is 0 Å². The maximum absolute atomic E-state index is 11.8. The van der Waals surface area contributed by atoms with Gasteiger partial charge < -0.3 is 15.5 Å². The van der Waals surface area contributed by atoms with Gasteiger partial charge in [-0.1, -0.05) is 0 Å². The molecular formula is C11H23N3O. The Morgan fingerprint density at radius 1 is 1.53 bits per heavy atom. The first-order valence-electron chi connectivity index (χ1n) is 5.75. The van der Waals surface area contributed by atoms with Crippen LogP contribution in [0.5, 0.6) is 0 Å². The number of hydrogen-bond donors (Lipinski definition) is 2. The molecule has 0 saturated carbocycles. The summed E-state index contributed by atoms with van der Waals surface area (Å²) in [6.45, 7) is 4.77. The van der Waals surface area contributed by atoms with E-state index in [9.17, 15) is 4.79 Å². The standard InChI is InChI=1S/C11H23N3O/c1-9-8-10(4-5-12-9)11(15)13-6-7-14(2)3/h9-10,12H,4-8H2,1-3H3,(H,13,15)/t9-,10-/m0/s1. The largest absolute Gasteiger partial charge is 0.355 e. The molecule has 88 valence electrons. The van der Waals surface area contributed by atoms with Crippen LogP contribution in [0.25, 0.3) is 0 Å².